The second-order valence-electron chi connectivity index (χ2n) is 6.82. The summed E-state index contributed by atoms with van der Waals surface area (Å²) in [5, 5.41) is 6.59. The van der Waals surface area contributed by atoms with Crippen LogP contribution >= 0.6 is 24.0 Å². The molecule has 148 valence electrons. The van der Waals surface area contributed by atoms with Gasteiger partial charge in [0.15, 0.2) is 5.96 Å². The molecule has 0 saturated heterocycles. The summed E-state index contributed by atoms with van der Waals surface area (Å²) in [5.74, 6) is 2.18. The summed E-state index contributed by atoms with van der Waals surface area (Å²) in [6.07, 6.45) is 1.80. The van der Waals surface area contributed by atoms with Crippen LogP contribution in [0.25, 0.3) is 0 Å². The average molecular weight is 484 g/mol. The summed E-state index contributed by atoms with van der Waals surface area (Å²) in [5.41, 5.74) is 1.01. The van der Waals surface area contributed by atoms with Crippen molar-refractivity contribution in [2.75, 3.05) is 20.3 Å². The van der Waals surface area contributed by atoms with Gasteiger partial charge >= 0.3 is 0 Å². The van der Waals surface area contributed by atoms with Crippen molar-refractivity contribution in [1.82, 2.24) is 15.6 Å². The number of nitrogens with zero attached hydrogens (tertiary/aromatic N) is 2. The van der Waals surface area contributed by atoms with Gasteiger partial charge in [-0.25, -0.2) is 4.98 Å². The topological polar surface area (TPSA) is 67.8 Å². The Morgan fingerprint density at radius 2 is 1.74 bits per heavy atom. The van der Waals surface area contributed by atoms with Crippen LogP contribution in [0, 0.1) is 0 Å². The number of rotatable bonds is 7. The molecule has 0 aliphatic carbocycles. The molecule has 1 aromatic carbocycles. The van der Waals surface area contributed by atoms with Gasteiger partial charge < -0.3 is 20.1 Å². The molecule has 2 aromatic rings. The van der Waals surface area contributed by atoms with Crippen LogP contribution in [0.2, 0.25) is 0 Å². The van der Waals surface area contributed by atoms with Gasteiger partial charge in [0.2, 0.25) is 5.88 Å². The average Bonchev–Trinajstić information content (AvgIpc) is 2.63. The van der Waals surface area contributed by atoms with Crippen molar-refractivity contribution in [2.45, 2.75) is 32.9 Å². The minimum absolute atomic E-state index is 0. The number of nitrogens with one attached hydrogen (secondary N) is 2. The van der Waals surface area contributed by atoms with Gasteiger partial charge in [0.05, 0.1) is 0 Å². The summed E-state index contributed by atoms with van der Waals surface area (Å²) in [6.45, 7) is 7.84. The van der Waals surface area contributed by atoms with Gasteiger partial charge in [0.25, 0.3) is 0 Å². The summed E-state index contributed by atoms with van der Waals surface area (Å²) < 4.78 is 11.2. The van der Waals surface area contributed by atoms with Crippen LogP contribution in [-0.2, 0) is 6.54 Å². The molecule has 1 aromatic heterocycles. The Kier molecular flexibility index (Phi) is 9.92. The van der Waals surface area contributed by atoms with Crippen molar-refractivity contribution in [2.24, 2.45) is 4.99 Å². The van der Waals surface area contributed by atoms with Gasteiger partial charge in [-0.1, -0.05) is 24.3 Å². The Hall–Kier alpha value is -2.03. The molecule has 0 aliphatic heterocycles. The molecule has 0 aliphatic rings. The van der Waals surface area contributed by atoms with E-state index < -0.39 is 0 Å². The van der Waals surface area contributed by atoms with Crippen LogP contribution in [-0.4, -0.2) is 36.7 Å². The highest BCUT2D eigenvalue weighted by Crippen LogP contribution is 2.10. The van der Waals surface area contributed by atoms with E-state index in [1.807, 2.05) is 42.5 Å². The third-order valence-corrected chi connectivity index (χ3v) is 3.32. The predicted molar refractivity (Wildman–Crippen MR) is 120 cm³/mol. The van der Waals surface area contributed by atoms with E-state index in [-0.39, 0.29) is 29.5 Å². The number of aliphatic imine (C=N–C) groups is 1. The van der Waals surface area contributed by atoms with Crippen molar-refractivity contribution in [3.05, 3.63) is 54.2 Å². The monoisotopic (exact) mass is 484 g/mol. The van der Waals surface area contributed by atoms with E-state index in [0.29, 0.717) is 25.6 Å². The van der Waals surface area contributed by atoms with Gasteiger partial charge in [-0.05, 0) is 38.5 Å². The fourth-order valence-corrected chi connectivity index (χ4v) is 2.14. The number of ether oxygens (including phenoxy) is 2. The quantitative estimate of drug-likeness (QED) is 0.272. The molecule has 0 radical (unpaired) electrons. The number of aromatic nitrogens is 1. The zero-order chi connectivity index (χ0) is 18.8. The third-order valence-electron chi connectivity index (χ3n) is 3.32. The molecular formula is C20H29IN4O2. The lowest BCUT2D eigenvalue weighted by atomic mass is 10.1. The fourth-order valence-electron chi connectivity index (χ4n) is 2.14. The van der Waals surface area contributed by atoms with Crippen LogP contribution in [0.1, 0.15) is 26.3 Å². The van der Waals surface area contributed by atoms with Crippen LogP contribution in [0.3, 0.4) is 0 Å². The SMILES string of the molecule is CN=C(NCc1ccc(OCCOc2ccccc2)nc1)NC(C)(C)C.I. The summed E-state index contributed by atoms with van der Waals surface area (Å²) in [4.78, 5) is 8.54. The van der Waals surface area contributed by atoms with Crippen LogP contribution < -0.4 is 20.1 Å². The van der Waals surface area contributed by atoms with E-state index in [1.54, 1.807) is 13.2 Å². The maximum absolute atomic E-state index is 5.60. The molecule has 2 rings (SSSR count). The summed E-state index contributed by atoms with van der Waals surface area (Å²) in [7, 11) is 1.76. The van der Waals surface area contributed by atoms with E-state index in [4.69, 9.17) is 9.47 Å². The van der Waals surface area contributed by atoms with E-state index in [1.165, 1.54) is 0 Å². The zero-order valence-corrected chi connectivity index (χ0v) is 18.7. The maximum atomic E-state index is 5.60. The van der Waals surface area contributed by atoms with Crippen molar-refractivity contribution in [1.29, 1.82) is 0 Å². The first-order chi connectivity index (χ1) is 12.5. The first-order valence-corrected chi connectivity index (χ1v) is 8.71. The van der Waals surface area contributed by atoms with Gasteiger partial charge in [-0.2, -0.15) is 0 Å². The molecule has 0 saturated carbocycles. The van der Waals surface area contributed by atoms with Crippen molar-refractivity contribution >= 4 is 29.9 Å². The molecule has 0 amide bonds. The van der Waals surface area contributed by atoms with Gasteiger partial charge in [0.1, 0.15) is 19.0 Å². The Balaban J connectivity index is 0.00000364. The third kappa shape index (κ3) is 9.46. The molecule has 0 bridgehead atoms. The Morgan fingerprint density at radius 1 is 1.04 bits per heavy atom. The summed E-state index contributed by atoms with van der Waals surface area (Å²) >= 11 is 0. The van der Waals surface area contributed by atoms with Crippen LogP contribution in [0.15, 0.2) is 53.7 Å². The highest BCUT2D eigenvalue weighted by atomic mass is 127. The standard InChI is InChI=1S/C20H28N4O2.HI/c1-20(2,3)24-19(21-4)23-15-16-10-11-18(22-14-16)26-13-12-25-17-8-6-5-7-9-17;/h5-11,14H,12-13,15H2,1-4H3,(H2,21,23,24);1H. The normalized spacial score (nSPS) is 11.3. The minimum atomic E-state index is -0.0421. The number of hydrogen-bond donors (Lipinski definition) is 2. The number of halogens is 1. The second kappa shape index (κ2) is 11.6. The Bertz CT molecular complexity index is 685. The lowest BCUT2D eigenvalue weighted by Gasteiger charge is -2.23. The van der Waals surface area contributed by atoms with Gasteiger partial charge in [-0.15, -0.1) is 24.0 Å². The largest absolute Gasteiger partial charge is 0.490 e. The lowest BCUT2D eigenvalue weighted by molar-refractivity contribution is 0.212. The van der Waals surface area contributed by atoms with Crippen LogP contribution in [0.5, 0.6) is 11.6 Å². The molecule has 6 nitrogen and oxygen atoms in total. The Morgan fingerprint density at radius 3 is 2.33 bits per heavy atom. The summed E-state index contributed by atoms with van der Waals surface area (Å²) in [6, 6.07) is 13.5. The lowest BCUT2D eigenvalue weighted by Crippen LogP contribution is -2.47. The molecule has 7 heteroatoms. The molecular weight excluding hydrogens is 455 g/mol. The highest BCUT2D eigenvalue weighted by Gasteiger charge is 2.11. The maximum Gasteiger partial charge on any atom is 0.213 e. The first-order valence-electron chi connectivity index (χ1n) is 8.71. The number of hydrogen-bond acceptors (Lipinski definition) is 4. The first kappa shape index (κ1) is 23.0. The molecule has 0 unspecified atom stereocenters. The van der Waals surface area contributed by atoms with E-state index in [9.17, 15) is 0 Å². The number of pyridine rings is 1. The van der Waals surface area contributed by atoms with Crippen molar-refractivity contribution in [3.63, 3.8) is 0 Å². The second-order valence-corrected chi connectivity index (χ2v) is 6.82. The number of guanidine groups is 1. The molecule has 1 heterocycles. The van der Waals surface area contributed by atoms with Crippen molar-refractivity contribution < 1.29 is 9.47 Å². The number of benzene rings is 1. The smallest absolute Gasteiger partial charge is 0.213 e. The number of para-hydroxylation sites is 1. The van der Waals surface area contributed by atoms with Gasteiger partial charge in [-0.3, -0.25) is 4.99 Å². The molecule has 0 fully saturated rings. The van der Waals surface area contributed by atoms with E-state index >= 15 is 0 Å². The molecule has 27 heavy (non-hydrogen) atoms. The minimum Gasteiger partial charge on any atom is -0.490 e. The van der Waals surface area contributed by atoms with E-state index in [2.05, 4.69) is 41.4 Å². The zero-order valence-electron chi connectivity index (χ0n) is 16.4. The fraction of sp³-hybridized carbons (Fsp3) is 0.400. The van der Waals surface area contributed by atoms with E-state index in [0.717, 1.165) is 17.3 Å². The molecule has 0 spiro atoms. The molecule has 2 N–H and O–H groups in total. The molecule has 0 atom stereocenters. The highest BCUT2D eigenvalue weighted by molar-refractivity contribution is 14.0. The Labute approximate surface area is 178 Å². The van der Waals surface area contributed by atoms with Crippen LogP contribution in [0.4, 0.5) is 0 Å². The van der Waals surface area contributed by atoms with Gasteiger partial charge in [0, 0.05) is 31.4 Å². The predicted octanol–water partition coefficient (Wildman–Crippen LogP) is 3.62. The van der Waals surface area contributed by atoms with Crippen molar-refractivity contribution in [3.8, 4) is 11.6 Å².